The van der Waals surface area contributed by atoms with Crippen LogP contribution in [0.5, 0.6) is 0 Å². The number of hydrogen-bond acceptors (Lipinski definition) is 5. The molecule has 0 aromatic carbocycles. The molecule has 0 saturated heterocycles. The summed E-state index contributed by atoms with van der Waals surface area (Å²) >= 11 is 0. The van der Waals surface area contributed by atoms with E-state index < -0.39 is 16.1 Å². The number of carbonyl (C=O) groups is 1. The Labute approximate surface area is 148 Å². The Morgan fingerprint density at radius 2 is 1.21 bits per heavy atom. The molecule has 5 nitrogen and oxygen atoms in total. The molecule has 0 aromatic heterocycles. The van der Waals surface area contributed by atoms with E-state index in [0.29, 0.717) is 6.42 Å². The monoisotopic (exact) mass is 363 g/mol. The van der Waals surface area contributed by atoms with Crippen molar-refractivity contribution in [1.29, 1.82) is 0 Å². The summed E-state index contributed by atoms with van der Waals surface area (Å²) in [5, 5.41) is 0. The van der Waals surface area contributed by atoms with Crippen LogP contribution in [0.1, 0.15) is 96.8 Å². The summed E-state index contributed by atoms with van der Waals surface area (Å²) in [5.74, 6) is -0.969. The highest BCUT2D eigenvalue weighted by molar-refractivity contribution is 7.87. The largest absolute Gasteiger partial charge is 0.346 e. The molecular weight excluding hydrogens is 326 g/mol. The van der Waals surface area contributed by atoms with Crippen LogP contribution in [-0.4, -0.2) is 26.7 Å². The second-order valence-corrected chi connectivity index (χ2v) is 8.19. The van der Waals surface area contributed by atoms with Crippen molar-refractivity contribution in [2.24, 2.45) is 5.73 Å². The summed E-state index contributed by atoms with van der Waals surface area (Å²) in [6, 6.07) is 0. The van der Waals surface area contributed by atoms with Crippen LogP contribution in [0.2, 0.25) is 0 Å². The van der Waals surface area contributed by atoms with Crippen LogP contribution in [0, 0.1) is 0 Å². The van der Waals surface area contributed by atoms with Gasteiger partial charge in [-0.3, -0.25) is 4.79 Å². The summed E-state index contributed by atoms with van der Waals surface area (Å²) in [6.07, 6.45) is 16.1. The van der Waals surface area contributed by atoms with Gasteiger partial charge in [0.15, 0.2) is 0 Å². The summed E-state index contributed by atoms with van der Waals surface area (Å²) < 4.78 is 26.9. The highest BCUT2D eigenvalue weighted by atomic mass is 32.2. The fraction of sp³-hybridized carbons (Fsp3) is 0.944. The molecule has 0 atom stereocenters. The first-order valence-electron chi connectivity index (χ1n) is 9.67. The molecule has 0 aliphatic rings. The zero-order chi connectivity index (χ0) is 18.1. The van der Waals surface area contributed by atoms with Crippen LogP contribution in [-0.2, 0) is 19.1 Å². The fourth-order valence-electron chi connectivity index (χ4n) is 2.66. The van der Waals surface area contributed by atoms with Crippen LogP contribution < -0.4 is 5.73 Å². The predicted octanol–water partition coefficient (Wildman–Crippen LogP) is 4.30. The topological polar surface area (TPSA) is 86.5 Å². The molecule has 6 heteroatoms. The van der Waals surface area contributed by atoms with E-state index in [1.165, 1.54) is 64.2 Å². The van der Waals surface area contributed by atoms with E-state index in [4.69, 9.17) is 5.73 Å². The van der Waals surface area contributed by atoms with Gasteiger partial charge in [-0.2, -0.15) is 8.42 Å². The van der Waals surface area contributed by atoms with Crippen molar-refractivity contribution >= 4 is 16.1 Å². The zero-order valence-corrected chi connectivity index (χ0v) is 16.2. The SMILES string of the molecule is CCCCCCCCCCCCCCCC(=O)OS(=O)(=O)CCN. The molecule has 0 aromatic rings. The predicted molar refractivity (Wildman–Crippen MR) is 99.2 cm³/mol. The van der Waals surface area contributed by atoms with Crippen LogP contribution in [0.25, 0.3) is 0 Å². The Morgan fingerprint density at radius 3 is 1.62 bits per heavy atom. The first kappa shape index (κ1) is 23.4. The molecule has 0 unspecified atom stereocenters. The lowest BCUT2D eigenvalue weighted by Gasteiger charge is -2.05. The Hall–Kier alpha value is -0.620. The highest BCUT2D eigenvalue weighted by Crippen LogP contribution is 2.13. The van der Waals surface area contributed by atoms with Crippen molar-refractivity contribution in [1.82, 2.24) is 0 Å². The molecule has 0 radical (unpaired) electrons. The molecule has 0 aliphatic heterocycles. The lowest BCUT2D eigenvalue weighted by atomic mass is 10.0. The number of rotatable bonds is 17. The van der Waals surface area contributed by atoms with E-state index in [1.54, 1.807) is 0 Å². The Bertz CT molecular complexity index is 396. The lowest BCUT2D eigenvalue weighted by molar-refractivity contribution is -0.133. The molecule has 0 heterocycles. The van der Waals surface area contributed by atoms with Crippen molar-refractivity contribution in [3.05, 3.63) is 0 Å². The smallest absolute Gasteiger partial charge is 0.322 e. The van der Waals surface area contributed by atoms with Crippen LogP contribution >= 0.6 is 0 Å². The Kier molecular flexibility index (Phi) is 15.5. The molecule has 0 spiro atoms. The van der Waals surface area contributed by atoms with E-state index in [9.17, 15) is 13.2 Å². The second-order valence-electron chi connectivity index (χ2n) is 6.50. The standard InChI is InChI=1S/C18H37NO4S/c1-2-3-4-5-6-7-8-9-10-11-12-13-14-15-18(20)23-24(21,22)17-16-19/h2-17,19H2,1H3. The van der Waals surface area contributed by atoms with Gasteiger partial charge in [0, 0.05) is 13.0 Å². The van der Waals surface area contributed by atoms with E-state index in [1.807, 2.05) is 0 Å². The minimum absolute atomic E-state index is 0.0334. The van der Waals surface area contributed by atoms with E-state index in [2.05, 4.69) is 11.1 Å². The van der Waals surface area contributed by atoms with Gasteiger partial charge in [0.25, 0.3) is 0 Å². The maximum atomic E-state index is 11.4. The molecule has 2 N–H and O–H groups in total. The highest BCUT2D eigenvalue weighted by Gasteiger charge is 2.15. The van der Waals surface area contributed by atoms with Crippen molar-refractivity contribution in [3.8, 4) is 0 Å². The maximum absolute atomic E-state index is 11.4. The maximum Gasteiger partial charge on any atom is 0.322 e. The third-order valence-corrected chi connectivity index (χ3v) is 5.25. The average Bonchev–Trinajstić information content (AvgIpc) is 2.51. The molecule has 24 heavy (non-hydrogen) atoms. The van der Waals surface area contributed by atoms with Crippen molar-refractivity contribution in [3.63, 3.8) is 0 Å². The van der Waals surface area contributed by atoms with Crippen LogP contribution in [0.4, 0.5) is 0 Å². The number of carbonyl (C=O) groups excluding carboxylic acids is 1. The number of nitrogens with two attached hydrogens (primary N) is 1. The van der Waals surface area contributed by atoms with E-state index in [0.717, 1.165) is 12.8 Å². The molecule has 0 bridgehead atoms. The quantitative estimate of drug-likeness (QED) is 0.307. The van der Waals surface area contributed by atoms with Gasteiger partial charge in [0.2, 0.25) is 0 Å². The van der Waals surface area contributed by atoms with E-state index >= 15 is 0 Å². The van der Waals surface area contributed by atoms with Gasteiger partial charge < -0.3 is 9.92 Å². The molecule has 0 saturated carbocycles. The van der Waals surface area contributed by atoms with Gasteiger partial charge in [0.05, 0.1) is 5.75 Å². The summed E-state index contributed by atoms with van der Waals surface area (Å²) in [5.41, 5.74) is 5.15. The summed E-state index contributed by atoms with van der Waals surface area (Å²) in [7, 11) is -3.77. The molecule has 0 aliphatic carbocycles. The third kappa shape index (κ3) is 16.2. The van der Waals surface area contributed by atoms with Gasteiger partial charge in [-0.1, -0.05) is 84.0 Å². The summed E-state index contributed by atoms with van der Waals surface area (Å²) in [6.45, 7) is 2.21. The first-order valence-corrected chi connectivity index (χ1v) is 11.2. The second kappa shape index (κ2) is 15.9. The Balaban J connectivity index is 3.32. The van der Waals surface area contributed by atoms with Gasteiger partial charge in [0.1, 0.15) is 0 Å². The van der Waals surface area contributed by atoms with Gasteiger partial charge in [-0.15, -0.1) is 0 Å². The van der Waals surface area contributed by atoms with Crippen molar-refractivity contribution in [2.75, 3.05) is 12.3 Å². The minimum atomic E-state index is -3.77. The van der Waals surface area contributed by atoms with Gasteiger partial charge in [-0.25, -0.2) is 0 Å². The molecule has 0 rings (SSSR count). The third-order valence-electron chi connectivity index (χ3n) is 4.07. The van der Waals surface area contributed by atoms with Crippen LogP contribution in [0.15, 0.2) is 0 Å². The van der Waals surface area contributed by atoms with E-state index in [-0.39, 0.29) is 18.7 Å². The summed E-state index contributed by atoms with van der Waals surface area (Å²) in [4.78, 5) is 11.4. The molecular formula is C18H37NO4S. The average molecular weight is 364 g/mol. The minimum Gasteiger partial charge on any atom is -0.346 e. The first-order chi connectivity index (χ1) is 11.5. The van der Waals surface area contributed by atoms with Gasteiger partial charge >= 0.3 is 16.1 Å². The van der Waals surface area contributed by atoms with Crippen molar-refractivity contribution in [2.45, 2.75) is 96.8 Å². The van der Waals surface area contributed by atoms with Crippen molar-refractivity contribution < 1.29 is 17.4 Å². The zero-order valence-electron chi connectivity index (χ0n) is 15.4. The lowest BCUT2D eigenvalue weighted by Crippen LogP contribution is -2.21. The number of unbranched alkanes of at least 4 members (excludes halogenated alkanes) is 12. The molecule has 0 fully saturated rings. The van der Waals surface area contributed by atoms with Crippen LogP contribution in [0.3, 0.4) is 0 Å². The number of hydrogen-bond donors (Lipinski definition) is 1. The molecule has 144 valence electrons. The normalized spacial score (nSPS) is 11.6. The fourth-order valence-corrected chi connectivity index (χ4v) is 3.39. The molecule has 0 amide bonds. The van der Waals surface area contributed by atoms with Gasteiger partial charge in [-0.05, 0) is 6.42 Å². The Morgan fingerprint density at radius 1 is 0.792 bits per heavy atom.